The Kier molecular flexibility index (Phi) is 3.29. The van der Waals surface area contributed by atoms with Gasteiger partial charge in [0.05, 0.1) is 12.5 Å². The predicted octanol–water partition coefficient (Wildman–Crippen LogP) is 0.972. The van der Waals surface area contributed by atoms with Crippen molar-refractivity contribution in [1.82, 2.24) is 10.2 Å². The molecule has 3 heteroatoms. The van der Waals surface area contributed by atoms with E-state index in [2.05, 4.69) is 37.1 Å². The lowest BCUT2D eigenvalue weighted by atomic mass is 9.97. The van der Waals surface area contributed by atoms with Crippen LogP contribution in [0.25, 0.3) is 0 Å². The molecular formula is C10H19N3. The smallest absolute Gasteiger partial charge is 0.0638 e. The Morgan fingerprint density at radius 2 is 2.31 bits per heavy atom. The van der Waals surface area contributed by atoms with Crippen LogP contribution in [0.5, 0.6) is 0 Å². The van der Waals surface area contributed by atoms with E-state index in [1.54, 1.807) is 0 Å². The number of hydrogen-bond donors (Lipinski definition) is 1. The van der Waals surface area contributed by atoms with Crippen LogP contribution in [0.2, 0.25) is 0 Å². The highest BCUT2D eigenvalue weighted by atomic mass is 15.2. The van der Waals surface area contributed by atoms with Crippen LogP contribution >= 0.6 is 0 Å². The Morgan fingerprint density at radius 3 is 2.85 bits per heavy atom. The summed E-state index contributed by atoms with van der Waals surface area (Å²) in [5.41, 5.74) is 0.149. The van der Waals surface area contributed by atoms with Crippen molar-refractivity contribution in [2.24, 2.45) is 0 Å². The van der Waals surface area contributed by atoms with Crippen molar-refractivity contribution in [1.29, 1.82) is 5.26 Å². The number of rotatable bonds is 2. The second-order valence-corrected chi connectivity index (χ2v) is 4.42. The summed E-state index contributed by atoms with van der Waals surface area (Å²) in [6.07, 6.45) is 0.611. The van der Waals surface area contributed by atoms with Gasteiger partial charge in [-0.1, -0.05) is 6.92 Å². The summed E-state index contributed by atoms with van der Waals surface area (Å²) in [7, 11) is 0. The van der Waals surface area contributed by atoms with E-state index in [0.29, 0.717) is 12.5 Å². The van der Waals surface area contributed by atoms with Crippen molar-refractivity contribution in [2.75, 3.05) is 19.6 Å². The summed E-state index contributed by atoms with van der Waals surface area (Å²) >= 11 is 0. The first kappa shape index (κ1) is 10.5. The van der Waals surface area contributed by atoms with E-state index in [4.69, 9.17) is 5.26 Å². The lowest BCUT2D eigenvalue weighted by Crippen LogP contribution is -2.61. The summed E-state index contributed by atoms with van der Waals surface area (Å²) < 4.78 is 0. The average molecular weight is 181 g/mol. The van der Waals surface area contributed by atoms with E-state index in [1.807, 2.05) is 0 Å². The van der Waals surface area contributed by atoms with Crippen molar-refractivity contribution < 1.29 is 0 Å². The minimum atomic E-state index is 0.149. The maximum atomic E-state index is 8.64. The van der Waals surface area contributed by atoms with Gasteiger partial charge in [-0.05, 0) is 20.4 Å². The van der Waals surface area contributed by atoms with Gasteiger partial charge >= 0.3 is 0 Å². The normalized spacial score (nSPS) is 28.3. The van der Waals surface area contributed by atoms with E-state index in [0.717, 1.165) is 19.6 Å². The number of nitrogens with zero attached hydrogens (tertiary/aromatic N) is 2. The molecule has 0 saturated carbocycles. The number of piperazine rings is 1. The highest BCUT2D eigenvalue weighted by Crippen LogP contribution is 2.14. The Labute approximate surface area is 80.7 Å². The quantitative estimate of drug-likeness (QED) is 0.690. The number of hydrogen-bond acceptors (Lipinski definition) is 3. The molecule has 0 aromatic heterocycles. The highest BCUT2D eigenvalue weighted by Gasteiger charge is 2.30. The first-order valence-corrected chi connectivity index (χ1v) is 4.94. The molecule has 0 spiro atoms. The fraction of sp³-hybridized carbons (Fsp3) is 0.900. The first-order chi connectivity index (χ1) is 6.07. The molecule has 0 bridgehead atoms. The molecule has 1 fully saturated rings. The molecule has 1 N–H and O–H groups in total. The van der Waals surface area contributed by atoms with Crippen molar-refractivity contribution in [3.63, 3.8) is 0 Å². The summed E-state index contributed by atoms with van der Waals surface area (Å²) in [6, 6.07) is 2.57. The third-order valence-electron chi connectivity index (χ3n) is 2.48. The van der Waals surface area contributed by atoms with Crippen molar-refractivity contribution in [3.8, 4) is 6.07 Å². The average Bonchev–Trinajstić information content (AvgIpc) is 2.02. The second kappa shape index (κ2) is 4.08. The van der Waals surface area contributed by atoms with Gasteiger partial charge in [0, 0.05) is 24.7 Å². The maximum Gasteiger partial charge on any atom is 0.0638 e. The molecule has 0 radical (unpaired) electrons. The van der Waals surface area contributed by atoms with Crippen LogP contribution in [0.3, 0.4) is 0 Å². The molecule has 0 aliphatic carbocycles. The van der Waals surface area contributed by atoms with Crippen LogP contribution in [0.4, 0.5) is 0 Å². The van der Waals surface area contributed by atoms with E-state index < -0.39 is 0 Å². The zero-order valence-corrected chi connectivity index (χ0v) is 8.80. The van der Waals surface area contributed by atoms with Gasteiger partial charge in [-0.15, -0.1) is 0 Å². The Hall–Kier alpha value is -0.590. The van der Waals surface area contributed by atoms with Gasteiger partial charge in [0.2, 0.25) is 0 Å². The molecule has 1 heterocycles. The number of nitrogens with one attached hydrogen (secondary N) is 1. The minimum absolute atomic E-state index is 0.149. The van der Waals surface area contributed by atoms with Crippen molar-refractivity contribution >= 4 is 0 Å². The topological polar surface area (TPSA) is 39.1 Å². The molecule has 1 atom stereocenters. The van der Waals surface area contributed by atoms with E-state index in [-0.39, 0.29) is 5.54 Å². The van der Waals surface area contributed by atoms with Gasteiger partial charge in [0.25, 0.3) is 0 Å². The third kappa shape index (κ3) is 2.98. The van der Waals surface area contributed by atoms with Crippen LogP contribution in [0, 0.1) is 11.3 Å². The van der Waals surface area contributed by atoms with Crippen molar-refractivity contribution in [3.05, 3.63) is 0 Å². The monoisotopic (exact) mass is 181 g/mol. The summed E-state index contributed by atoms with van der Waals surface area (Å²) in [5, 5.41) is 12.1. The lowest BCUT2D eigenvalue weighted by molar-refractivity contribution is 0.124. The molecule has 13 heavy (non-hydrogen) atoms. The second-order valence-electron chi connectivity index (χ2n) is 4.42. The molecule has 1 rings (SSSR count). The summed E-state index contributed by atoms with van der Waals surface area (Å²) in [4.78, 5) is 2.40. The van der Waals surface area contributed by atoms with Gasteiger partial charge in [-0.3, -0.25) is 0 Å². The molecular weight excluding hydrogens is 162 g/mol. The van der Waals surface area contributed by atoms with E-state index in [9.17, 15) is 0 Å². The third-order valence-corrected chi connectivity index (χ3v) is 2.48. The van der Waals surface area contributed by atoms with Crippen LogP contribution in [-0.2, 0) is 0 Å². The predicted molar refractivity (Wildman–Crippen MR) is 53.3 cm³/mol. The summed E-state index contributed by atoms with van der Waals surface area (Å²) in [6.45, 7) is 9.72. The molecule has 1 unspecified atom stereocenters. The molecule has 3 nitrogen and oxygen atoms in total. The highest BCUT2D eigenvalue weighted by molar-refractivity contribution is 4.95. The van der Waals surface area contributed by atoms with Gasteiger partial charge in [0.15, 0.2) is 0 Å². The minimum Gasteiger partial charge on any atom is -0.305 e. The number of nitriles is 1. The van der Waals surface area contributed by atoms with E-state index in [1.165, 1.54) is 0 Å². The molecule has 1 aliphatic heterocycles. The zero-order chi connectivity index (χ0) is 9.90. The van der Waals surface area contributed by atoms with E-state index >= 15 is 0 Å². The number of likely N-dealkylation sites (N-methyl/N-ethyl adjacent to an activating group) is 1. The van der Waals surface area contributed by atoms with Crippen LogP contribution in [0.15, 0.2) is 0 Å². The van der Waals surface area contributed by atoms with Crippen molar-refractivity contribution in [2.45, 2.75) is 38.8 Å². The fourth-order valence-electron chi connectivity index (χ4n) is 2.05. The molecule has 1 aliphatic rings. The molecule has 0 aromatic carbocycles. The SMILES string of the molecule is CCN1CC(CC#N)NC(C)(C)C1. The fourth-order valence-corrected chi connectivity index (χ4v) is 2.05. The zero-order valence-electron chi connectivity index (χ0n) is 8.80. The molecule has 0 amide bonds. The van der Waals surface area contributed by atoms with Crippen LogP contribution in [0.1, 0.15) is 27.2 Å². The van der Waals surface area contributed by atoms with Gasteiger partial charge in [-0.25, -0.2) is 0 Å². The Bertz CT molecular complexity index is 205. The molecule has 1 saturated heterocycles. The Morgan fingerprint density at radius 1 is 1.62 bits per heavy atom. The first-order valence-electron chi connectivity index (χ1n) is 4.94. The van der Waals surface area contributed by atoms with Crippen LogP contribution in [-0.4, -0.2) is 36.1 Å². The van der Waals surface area contributed by atoms with Gasteiger partial charge < -0.3 is 10.2 Å². The van der Waals surface area contributed by atoms with Crippen LogP contribution < -0.4 is 5.32 Å². The van der Waals surface area contributed by atoms with Gasteiger partial charge in [-0.2, -0.15) is 5.26 Å². The standard InChI is InChI=1S/C10H19N3/c1-4-13-7-9(5-6-11)12-10(2,3)8-13/h9,12H,4-5,7-8H2,1-3H3. The molecule has 74 valence electrons. The summed E-state index contributed by atoms with van der Waals surface area (Å²) in [5.74, 6) is 0. The molecule has 0 aromatic rings. The van der Waals surface area contributed by atoms with Gasteiger partial charge in [0.1, 0.15) is 0 Å². The Balaban J connectivity index is 2.56. The largest absolute Gasteiger partial charge is 0.305 e. The lowest BCUT2D eigenvalue weighted by Gasteiger charge is -2.42. The maximum absolute atomic E-state index is 8.64.